The normalized spacial score (nSPS) is 12.3. The topological polar surface area (TPSA) is 4.93 Å². The number of rotatable bonds is 2. The zero-order valence-electron chi connectivity index (χ0n) is 18.5. The number of hydrogen-bond acceptors (Lipinski definition) is 0. The minimum absolute atomic E-state index is 1.03. The summed E-state index contributed by atoms with van der Waals surface area (Å²) in [6.07, 6.45) is 1.03. The van der Waals surface area contributed by atoms with Crippen LogP contribution in [0.15, 0.2) is 109 Å². The second-order valence-corrected chi connectivity index (χ2v) is 9.13. The van der Waals surface area contributed by atoms with E-state index in [1.165, 1.54) is 66.4 Å². The summed E-state index contributed by atoms with van der Waals surface area (Å²) < 4.78 is 2.41. The summed E-state index contributed by atoms with van der Waals surface area (Å²) in [6.45, 7) is 2.20. The van der Waals surface area contributed by atoms with E-state index >= 15 is 0 Å². The molecular weight excluding hydrogens is 398 g/mol. The molecule has 0 saturated heterocycles. The molecule has 1 aromatic heterocycles. The van der Waals surface area contributed by atoms with Crippen LogP contribution < -0.4 is 0 Å². The van der Waals surface area contributed by atoms with Gasteiger partial charge in [-0.05, 0) is 82.6 Å². The van der Waals surface area contributed by atoms with E-state index in [0.717, 1.165) is 6.42 Å². The summed E-state index contributed by atoms with van der Waals surface area (Å²) in [6, 6.07) is 40.1. The number of nitrogens with zero attached hydrogens (tertiary/aromatic N) is 1. The van der Waals surface area contributed by atoms with Crippen molar-refractivity contribution < 1.29 is 0 Å². The molecule has 0 bridgehead atoms. The lowest BCUT2D eigenvalue weighted by Crippen LogP contribution is -1.95. The molecule has 1 aliphatic rings. The van der Waals surface area contributed by atoms with Gasteiger partial charge < -0.3 is 4.57 Å². The maximum atomic E-state index is 2.41. The summed E-state index contributed by atoms with van der Waals surface area (Å²) in [7, 11) is 0. The van der Waals surface area contributed by atoms with Gasteiger partial charge in [0, 0.05) is 16.5 Å². The minimum Gasteiger partial charge on any atom is -0.309 e. The van der Waals surface area contributed by atoms with Crippen LogP contribution in [-0.2, 0) is 6.42 Å². The fourth-order valence-electron chi connectivity index (χ4n) is 5.56. The van der Waals surface area contributed by atoms with Crippen molar-refractivity contribution in [3.8, 4) is 27.9 Å². The Morgan fingerprint density at radius 1 is 0.545 bits per heavy atom. The molecule has 5 aromatic carbocycles. The molecule has 33 heavy (non-hydrogen) atoms. The Kier molecular flexibility index (Phi) is 3.89. The van der Waals surface area contributed by atoms with Crippen molar-refractivity contribution in [1.29, 1.82) is 0 Å². The highest BCUT2D eigenvalue weighted by molar-refractivity contribution is 6.09. The Morgan fingerprint density at radius 2 is 1.21 bits per heavy atom. The van der Waals surface area contributed by atoms with Gasteiger partial charge in [0.05, 0.1) is 11.0 Å². The van der Waals surface area contributed by atoms with Gasteiger partial charge in [-0.25, -0.2) is 0 Å². The highest BCUT2D eigenvalue weighted by atomic mass is 15.0. The molecule has 0 fully saturated rings. The molecule has 0 N–H and O–H groups in total. The summed E-state index contributed by atoms with van der Waals surface area (Å²) >= 11 is 0. The number of aryl methyl sites for hydroxylation is 1. The SMILES string of the molecule is Cc1cc(-c2ccc3c(c2)-c2ccccc2C3)cc(-n2c3ccccc3c3ccccc32)c1. The van der Waals surface area contributed by atoms with Crippen LogP contribution in [0.3, 0.4) is 0 Å². The van der Waals surface area contributed by atoms with E-state index in [0.29, 0.717) is 0 Å². The number of para-hydroxylation sites is 2. The third-order valence-corrected chi connectivity index (χ3v) is 7.03. The van der Waals surface area contributed by atoms with Crippen molar-refractivity contribution in [2.45, 2.75) is 13.3 Å². The lowest BCUT2D eigenvalue weighted by atomic mass is 9.97. The average Bonchev–Trinajstić information content (AvgIpc) is 3.39. The Morgan fingerprint density at radius 3 is 2.00 bits per heavy atom. The molecule has 0 atom stereocenters. The van der Waals surface area contributed by atoms with Crippen molar-refractivity contribution in [1.82, 2.24) is 4.57 Å². The first-order valence-corrected chi connectivity index (χ1v) is 11.6. The number of benzene rings is 5. The van der Waals surface area contributed by atoms with E-state index in [-0.39, 0.29) is 0 Å². The van der Waals surface area contributed by atoms with Crippen LogP contribution in [0.25, 0.3) is 49.7 Å². The smallest absolute Gasteiger partial charge is 0.0541 e. The highest BCUT2D eigenvalue weighted by Gasteiger charge is 2.19. The van der Waals surface area contributed by atoms with Crippen LogP contribution in [-0.4, -0.2) is 4.57 Å². The highest BCUT2D eigenvalue weighted by Crippen LogP contribution is 2.40. The summed E-state index contributed by atoms with van der Waals surface area (Å²) in [5, 5.41) is 2.59. The lowest BCUT2D eigenvalue weighted by Gasteiger charge is -2.13. The van der Waals surface area contributed by atoms with Gasteiger partial charge in [0.15, 0.2) is 0 Å². The molecule has 1 heteroatoms. The van der Waals surface area contributed by atoms with Crippen LogP contribution >= 0.6 is 0 Å². The maximum absolute atomic E-state index is 2.41. The molecule has 1 nitrogen and oxygen atoms in total. The van der Waals surface area contributed by atoms with E-state index in [1.807, 2.05) is 0 Å². The lowest BCUT2D eigenvalue weighted by molar-refractivity contribution is 1.17. The molecule has 6 aromatic rings. The van der Waals surface area contributed by atoms with Crippen LogP contribution in [0.5, 0.6) is 0 Å². The van der Waals surface area contributed by atoms with Crippen molar-refractivity contribution in [2.75, 3.05) is 0 Å². The number of aromatic nitrogens is 1. The third kappa shape index (κ3) is 2.79. The monoisotopic (exact) mass is 421 g/mol. The molecule has 0 aliphatic heterocycles. The van der Waals surface area contributed by atoms with Gasteiger partial charge in [-0.15, -0.1) is 0 Å². The Hall–Kier alpha value is -4.10. The molecular formula is C32H23N. The zero-order valence-corrected chi connectivity index (χ0v) is 18.5. The number of hydrogen-bond donors (Lipinski definition) is 0. The van der Waals surface area contributed by atoms with E-state index in [4.69, 9.17) is 0 Å². The van der Waals surface area contributed by atoms with Crippen LogP contribution in [0, 0.1) is 6.92 Å². The largest absolute Gasteiger partial charge is 0.309 e. The molecule has 0 amide bonds. The zero-order chi connectivity index (χ0) is 21.9. The van der Waals surface area contributed by atoms with Crippen LogP contribution in [0.1, 0.15) is 16.7 Å². The molecule has 0 saturated carbocycles. The Labute approximate surface area is 193 Å². The van der Waals surface area contributed by atoms with E-state index in [9.17, 15) is 0 Å². The first-order valence-electron chi connectivity index (χ1n) is 11.6. The van der Waals surface area contributed by atoms with Gasteiger partial charge in [-0.3, -0.25) is 0 Å². The van der Waals surface area contributed by atoms with Gasteiger partial charge in [0.1, 0.15) is 0 Å². The van der Waals surface area contributed by atoms with Gasteiger partial charge in [0.2, 0.25) is 0 Å². The average molecular weight is 422 g/mol. The summed E-state index contributed by atoms with van der Waals surface area (Å²) in [4.78, 5) is 0. The predicted octanol–water partition coefficient (Wildman–Crippen LogP) is 8.33. The second-order valence-electron chi connectivity index (χ2n) is 9.13. The molecule has 1 heterocycles. The van der Waals surface area contributed by atoms with Gasteiger partial charge >= 0.3 is 0 Å². The van der Waals surface area contributed by atoms with Crippen molar-refractivity contribution in [2.24, 2.45) is 0 Å². The minimum atomic E-state index is 1.03. The quantitative estimate of drug-likeness (QED) is 0.264. The Balaban J connectivity index is 1.44. The molecule has 7 rings (SSSR count). The third-order valence-electron chi connectivity index (χ3n) is 7.03. The van der Waals surface area contributed by atoms with Crippen LogP contribution in [0.4, 0.5) is 0 Å². The maximum Gasteiger partial charge on any atom is 0.0541 e. The summed E-state index contributed by atoms with van der Waals surface area (Å²) in [5.41, 5.74) is 13.1. The van der Waals surface area contributed by atoms with E-state index in [2.05, 4.69) is 121 Å². The van der Waals surface area contributed by atoms with Crippen molar-refractivity contribution >= 4 is 21.8 Å². The van der Waals surface area contributed by atoms with E-state index in [1.54, 1.807) is 0 Å². The van der Waals surface area contributed by atoms with Gasteiger partial charge in [-0.2, -0.15) is 0 Å². The molecule has 1 aliphatic carbocycles. The van der Waals surface area contributed by atoms with E-state index < -0.39 is 0 Å². The fraction of sp³-hybridized carbons (Fsp3) is 0.0625. The molecule has 0 radical (unpaired) electrons. The number of fused-ring (bicyclic) bond motifs is 6. The standard InChI is InChI=1S/C32H23N/c1-21-16-25(22-14-15-24-18-23-8-2-3-9-27(23)30(24)20-22)19-26(17-21)33-31-12-6-4-10-28(31)29-11-5-7-13-32(29)33/h2-17,19-20H,18H2,1H3. The molecule has 0 unspecified atom stereocenters. The first-order chi connectivity index (χ1) is 16.3. The fourth-order valence-corrected chi connectivity index (χ4v) is 5.56. The second kappa shape index (κ2) is 6.95. The first kappa shape index (κ1) is 18.5. The van der Waals surface area contributed by atoms with Crippen molar-refractivity contribution in [3.05, 3.63) is 126 Å². The van der Waals surface area contributed by atoms with Crippen molar-refractivity contribution in [3.63, 3.8) is 0 Å². The predicted molar refractivity (Wildman–Crippen MR) is 139 cm³/mol. The van der Waals surface area contributed by atoms with Gasteiger partial charge in [-0.1, -0.05) is 78.9 Å². The Bertz CT molecular complexity index is 1650. The van der Waals surface area contributed by atoms with Gasteiger partial charge in [0.25, 0.3) is 0 Å². The molecule has 0 spiro atoms. The summed E-state index contributed by atoms with van der Waals surface area (Å²) in [5.74, 6) is 0. The molecule has 156 valence electrons. The van der Waals surface area contributed by atoms with Crippen LogP contribution in [0.2, 0.25) is 0 Å².